The molecular weight excluding hydrogens is 321 g/mol. The number of nitrogens with one attached hydrogen (secondary N) is 1. The number of halogens is 2. The lowest BCUT2D eigenvalue weighted by atomic mass is 10.2. The number of benzene rings is 1. The first-order valence-electron chi connectivity index (χ1n) is 6.93. The third-order valence-corrected chi connectivity index (χ3v) is 3.54. The molecule has 1 N–H and O–H groups in total. The van der Waals surface area contributed by atoms with E-state index in [4.69, 9.17) is 11.6 Å². The molecule has 0 spiro atoms. The third-order valence-electron chi connectivity index (χ3n) is 3.30. The maximum Gasteiger partial charge on any atom is 0.137 e. The fourth-order valence-electron chi connectivity index (χ4n) is 2.25. The SMILES string of the molecule is Cl.Clc1ccc2c(NCCCCn3cncn3)ccnc2c1. The Kier molecular flexibility index (Phi) is 5.98. The number of aryl methyl sites for hydroxylation is 1. The van der Waals surface area contributed by atoms with Gasteiger partial charge in [0.2, 0.25) is 0 Å². The molecule has 0 amide bonds. The van der Waals surface area contributed by atoms with Crippen molar-refractivity contribution in [2.24, 2.45) is 0 Å². The molecule has 0 aliphatic rings. The van der Waals surface area contributed by atoms with E-state index in [2.05, 4.69) is 20.4 Å². The number of hydrogen-bond acceptors (Lipinski definition) is 4. The number of hydrogen-bond donors (Lipinski definition) is 1. The summed E-state index contributed by atoms with van der Waals surface area (Å²) < 4.78 is 1.85. The lowest BCUT2D eigenvalue weighted by molar-refractivity contribution is 0.564. The van der Waals surface area contributed by atoms with E-state index < -0.39 is 0 Å². The van der Waals surface area contributed by atoms with Crippen molar-refractivity contribution in [3.63, 3.8) is 0 Å². The minimum Gasteiger partial charge on any atom is -0.384 e. The van der Waals surface area contributed by atoms with E-state index in [-0.39, 0.29) is 12.4 Å². The van der Waals surface area contributed by atoms with Gasteiger partial charge in [0.25, 0.3) is 0 Å². The van der Waals surface area contributed by atoms with Gasteiger partial charge in [-0.2, -0.15) is 5.10 Å². The molecule has 7 heteroatoms. The molecule has 0 saturated heterocycles. The Balaban J connectivity index is 0.00000176. The number of unbranched alkanes of at least 4 members (excludes halogenated alkanes) is 1. The van der Waals surface area contributed by atoms with E-state index in [0.29, 0.717) is 5.02 Å². The third kappa shape index (κ3) is 4.08. The molecule has 1 aromatic carbocycles. The zero-order chi connectivity index (χ0) is 14.5. The van der Waals surface area contributed by atoms with Gasteiger partial charge in [0.1, 0.15) is 12.7 Å². The highest BCUT2D eigenvalue weighted by Gasteiger charge is 2.02. The first kappa shape index (κ1) is 16.5. The van der Waals surface area contributed by atoms with Gasteiger partial charge in [0, 0.05) is 35.4 Å². The number of anilines is 1. The normalized spacial score (nSPS) is 10.4. The van der Waals surface area contributed by atoms with Gasteiger partial charge in [-0.1, -0.05) is 11.6 Å². The average Bonchev–Trinajstić information content (AvgIpc) is 3.00. The molecule has 3 aromatic rings. The summed E-state index contributed by atoms with van der Waals surface area (Å²) in [4.78, 5) is 8.27. The molecule has 3 rings (SSSR count). The fourth-order valence-corrected chi connectivity index (χ4v) is 2.41. The molecule has 0 atom stereocenters. The topological polar surface area (TPSA) is 55.6 Å². The van der Waals surface area contributed by atoms with Crippen molar-refractivity contribution in [3.8, 4) is 0 Å². The highest BCUT2D eigenvalue weighted by atomic mass is 35.5. The van der Waals surface area contributed by atoms with Crippen molar-refractivity contribution in [1.82, 2.24) is 19.7 Å². The zero-order valence-corrected chi connectivity index (χ0v) is 13.5. The van der Waals surface area contributed by atoms with E-state index in [1.807, 2.05) is 28.9 Å². The lowest BCUT2D eigenvalue weighted by Gasteiger charge is -2.09. The Morgan fingerprint density at radius 2 is 2.09 bits per heavy atom. The molecular formula is C15H17Cl2N5. The highest BCUT2D eigenvalue weighted by molar-refractivity contribution is 6.31. The van der Waals surface area contributed by atoms with Gasteiger partial charge >= 0.3 is 0 Å². The minimum atomic E-state index is 0. The monoisotopic (exact) mass is 337 g/mol. The van der Waals surface area contributed by atoms with Crippen molar-refractivity contribution >= 4 is 40.6 Å². The number of aromatic nitrogens is 4. The van der Waals surface area contributed by atoms with Crippen LogP contribution in [0.2, 0.25) is 5.02 Å². The molecule has 0 radical (unpaired) electrons. The second-order valence-electron chi connectivity index (χ2n) is 4.81. The molecule has 116 valence electrons. The lowest BCUT2D eigenvalue weighted by Crippen LogP contribution is -2.05. The van der Waals surface area contributed by atoms with E-state index in [1.54, 1.807) is 18.9 Å². The van der Waals surface area contributed by atoms with Crippen LogP contribution in [0.25, 0.3) is 10.9 Å². The van der Waals surface area contributed by atoms with Gasteiger partial charge < -0.3 is 5.32 Å². The zero-order valence-electron chi connectivity index (χ0n) is 11.9. The van der Waals surface area contributed by atoms with Crippen molar-refractivity contribution in [2.75, 3.05) is 11.9 Å². The first-order chi connectivity index (χ1) is 10.3. The Labute approximate surface area is 140 Å². The molecule has 2 heterocycles. The van der Waals surface area contributed by atoms with Crippen molar-refractivity contribution < 1.29 is 0 Å². The van der Waals surface area contributed by atoms with Crippen LogP contribution in [0, 0.1) is 0 Å². The Morgan fingerprint density at radius 3 is 2.91 bits per heavy atom. The predicted octanol–water partition coefficient (Wildman–Crippen LogP) is 3.79. The van der Waals surface area contributed by atoms with Crippen LogP contribution in [0.1, 0.15) is 12.8 Å². The second kappa shape index (κ2) is 7.96. The number of nitrogens with zero attached hydrogens (tertiary/aromatic N) is 4. The van der Waals surface area contributed by atoms with Gasteiger partial charge in [0.05, 0.1) is 5.52 Å². The standard InChI is InChI=1S/C15H16ClN5.ClH/c16-12-3-4-13-14(5-7-19-15(13)9-12)18-6-1-2-8-21-11-17-10-20-21;/h3-5,7,9-11H,1-2,6,8H2,(H,18,19);1H. The largest absolute Gasteiger partial charge is 0.384 e. The Hall–Kier alpha value is -1.85. The quantitative estimate of drug-likeness (QED) is 0.695. The number of pyridine rings is 1. The van der Waals surface area contributed by atoms with E-state index in [9.17, 15) is 0 Å². The van der Waals surface area contributed by atoms with Gasteiger partial charge in [-0.05, 0) is 37.1 Å². The fraction of sp³-hybridized carbons (Fsp3) is 0.267. The summed E-state index contributed by atoms with van der Waals surface area (Å²) in [7, 11) is 0. The summed E-state index contributed by atoms with van der Waals surface area (Å²) in [6, 6.07) is 7.77. The van der Waals surface area contributed by atoms with Gasteiger partial charge in [-0.3, -0.25) is 9.67 Å². The number of rotatable bonds is 6. The Bertz CT molecular complexity index is 715. The predicted molar refractivity (Wildman–Crippen MR) is 91.7 cm³/mol. The average molecular weight is 338 g/mol. The van der Waals surface area contributed by atoms with E-state index in [1.165, 1.54) is 0 Å². The smallest absolute Gasteiger partial charge is 0.137 e. The molecule has 0 aliphatic heterocycles. The maximum atomic E-state index is 5.99. The Morgan fingerprint density at radius 1 is 1.18 bits per heavy atom. The van der Waals surface area contributed by atoms with Crippen LogP contribution in [0.5, 0.6) is 0 Å². The van der Waals surface area contributed by atoms with Crippen LogP contribution in [0.4, 0.5) is 5.69 Å². The molecule has 2 aromatic heterocycles. The summed E-state index contributed by atoms with van der Waals surface area (Å²) >= 11 is 5.99. The molecule has 0 unspecified atom stereocenters. The van der Waals surface area contributed by atoms with Gasteiger partial charge in [-0.25, -0.2) is 4.98 Å². The molecule has 0 fully saturated rings. The number of fused-ring (bicyclic) bond motifs is 1. The molecule has 0 aliphatic carbocycles. The van der Waals surface area contributed by atoms with Crippen LogP contribution in [0.3, 0.4) is 0 Å². The van der Waals surface area contributed by atoms with Gasteiger partial charge in [0.15, 0.2) is 0 Å². The highest BCUT2D eigenvalue weighted by Crippen LogP contribution is 2.24. The van der Waals surface area contributed by atoms with E-state index >= 15 is 0 Å². The summed E-state index contributed by atoms with van der Waals surface area (Å²) in [5.41, 5.74) is 2.01. The van der Waals surface area contributed by atoms with Crippen molar-refractivity contribution in [1.29, 1.82) is 0 Å². The van der Waals surface area contributed by atoms with Crippen LogP contribution in [-0.2, 0) is 6.54 Å². The van der Waals surface area contributed by atoms with Crippen LogP contribution < -0.4 is 5.32 Å². The molecule has 5 nitrogen and oxygen atoms in total. The molecule has 0 bridgehead atoms. The molecule has 22 heavy (non-hydrogen) atoms. The van der Waals surface area contributed by atoms with Crippen molar-refractivity contribution in [2.45, 2.75) is 19.4 Å². The summed E-state index contributed by atoms with van der Waals surface area (Å²) in [5, 5.41) is 9.35. The van der Waals surface area contributed by atoms with E-state index in [0.717, 1.165) is 42.5 Å². The van der Waals surface area contributed by atoms with Crippen LogP contribution >= 0.6 is 24.0 Å². The van der Waals surface area contributed by atoms with Crippen LogP contribution in [0.15, 0.2) is 43.1 Å². The minimum absolute atomic E-state index is 0. The summed E-state index contributed by atoms with van der Waals surface area (Å²) in [6.45, 7) is 1.81. The molecule has 0 saturated carbocycles. The first-order valence-corrected chi connectivity index (χ1v) is 7.31. The summed E-state index contributed by atoms with van der Waals surface area (Å²) in [5.74, 6) is 0. The second-order valence-corrected chi connectivity index (χ2v) is 5.25. The van der Waals surface area contributed by atoms with Crippen molar-refractivity contribution in [3.05, 3.63) is 48.1 Å². The van der Waals surface area contributed by atoms with Crippen LogP contribution in [-0.4, -0.2) is 26.3 Å². The maximum absolute atomic E-state index is 5.99. The summed E-state index contributed by atoms with van der Waals surface area (Å²) in [6.07, 6.45) is 7.24. The van der Waals surface area contributed by atoms with Gasteiger partial charge in [-0.15, -0.1) is 12.4 Å².